The van der Waals surface area contributed by atoms with E-state index in [9.17, 15) is 0 Å². The smallest absolute Gasteiger partial charge is 0.0408 e. The average Bonchev–Trinajstić information content (AvgIpc) is 2.72. The van der Waals surface area contributed by atoms with Gasteiger partial charge in [0.25, 0.3) is 0 Å². The van der Waals surface area contributed by atoms with E-state index in [0.717, 1.165) is 11.4 Å². The molecule has 1 N–H and O–H groups in total. The summed E-state index contributed by atoms with van der Waals surface area (Å²) in [7, 11) is 1.99. The molecule has 4 heteroatoms. The Morgan fingerprint density at radius 1 is 1.41 bits per heavy atom. The van der Waals surface area contributed by atoms with Gasteiger partial charge in [0.15, 0.2) is 0 Å². The van der Waals surface area contributed by atoms with Gasteiger partial charge in [0.1, 0.15) is 0 Å². The van der Waals surface area contributed by atoms with Crippen molar-refractivity contribution in [3.05, 3.63) is 55.6 Å². The molecule has 1 nitrogen and oxygen atoms in total. The zero-order chi connectivity index (χ0) is 12.3. The Labute approximate surface area is 119 Å². The van der Waals surface area contributed by atoms with Crippen LogP contribution in [0.3, 0.4) is 0 Å². The molecular weight excluding hydrogens is 318 g/mol. The third kappa shape index (κ3) is 3.32. The normalized spacial score (nSPS) is 12.6. The van der Waals surface area contributed by atoms with E-state index in [1.54, 1.807) is 11.3 Å². The molecule has 0 aliphatic carbocycles. The number of rotatable bonds is 4. The number of likely N-dealkylation sites (N-methyl/N-ethyl adjacent to an activating group) is 1. The second kappa shape index (κ2) is 6.01. The summed E-state index contributed by atoms with van der Waals surface area (Å²) in [6.45, 7) is 0. The molecule has 2 rings (SSSR count). The lowest BCUT2D eigenvalue weighted by Gasteiger charge is -2.16. The summed E-state index contributed by atoms with van der Waals surface area (Å²) in [5.41, 5.74) is 2.55. The lowest BCUT2D eigenvalue weighted by molar-refractivity contribution is 0.592. The molecule has 1 heterocycles. The summed E-state index contributed by atoms with van der Waals surface area (Å²) < 4.78 is 1.17. The van der Waals surface area contributed by atoms with Gasteiger partial charge in [-0.25, -0.2) is 0 Å². The highest BCUT2D eigenvalue weighted by atomic mass is 79.9. The fourth-order valence-corrected chi connectivity index (χ4v) is 3.65. The summed E-state index contributed by atoms with van der Waals surface area (Å²) in [5, 5.41) is 8.43. The molecule has 0 aliphatic rings. The second-order valence-electron chi connectivity index (χ2n) is 3.85. The van der Waals surface area contributed by atoms with Crippen molar-refractivity contribution in [3.8, 4) is 0 Å². The van der Waals surface area contributed by atoms with Crippen molar-refractivity contribution in [3.63, 3.8) is 0 Å². The first-order valence-electron chi connectivity index (χ1n) is 5.34. The molecule has 0 saturated carbocycles. The van der Waals surface area contributed by atoms with Crippen LogP contribution in [0.25, 0.3) is 0 Å². The van der Waals surface area contributed by atoms with Crippen molar-refractivity contribution < 1.29 is 0 Å². The minimum Gasteiger partial charge on any atom is -0.313 e. The van der Waals surface area contributed by atoms with Crippen LogP contribution in [0.5, 0.6) is 0 Å². The highest BCUT2D eigenvalue weighted by Gasteiger charge is 2.14. The van der Waals surface area contributed by atoms with Crippen LogP contribution in [0.15, 0.2) is 39.5 Å². The lowest BCUT2D eigenvalue weighted by Crippen LogP contribution is -2.18. The van der Waals surface area contributed by atoms with Gasteiger partial charge in [-0.3, -0.25) is 0 Å². The van der Waals surface area contributed by atoms with Gasteiger partial charge in [-0.15, -0.1) is 0 Å². The Balaban J connectivity index is 2.19. The molecular formula is C13H13BrClNS. The van der Waals surface area contributed by atoms with Crippen LogP contribution in [0.1, 0.15) is 17.2 Å². The molecule has 0 radical (unpaired) electrons. The molecule has 1 aromatic carbocycles. The number of benzene rings is 1. The summed E-state index contributed by atoms with van der Waals surface area (Å²) in [4.78, 5) is 0. The summed E-state index contributed by atoms with van der Waals surface area (Å²) in [6, 6.07) is 8.34. The van der Waals surface area contributed by atoms with Crippen molar-refractivity contribution in [1.82, 2.24) is 5.32 Å². The van der Waals surface area contributed by atoms with Gasteiger partial charge in [-0.05, 0) is 58.0 Å². The van der Waals surface area contributed by atoms with Crippen molar-refractivity contribution in [1.29, 1.82) is 0 Å². The summed E-state index contributed by atoms with van der Waals surface area (Å²) in [6.07, 6.45) is 0.937. The second-order valence-corrected chi connectivity index (χ2v) is 5.88. The zero-order valence-corrected chi connectivity index (χ0v) is 12.6. The molecule has 0 spiro atoms. The zero-order valence-electron chi connectivity index (χ0n) is 9.41. The maximum absolute atomic E-state index is 6.00. The predicted octanol–water partition coefficient (Wildman–Crippen LogP) is 4.67. The predicted molar refractivity (Wildman–Crippen MR) is 79.0 cm³/mol. The lowest BCUT2D eigenvalue weighted by atomic mass is 10.0. The first kappa shape index (κ1) is 13.1. The van der Waals surface area contributed by atoms with E-state index in [1.807, 2.05) is 25.2 Å². The van der Waals surface area contributed by atoms with Crippen LogP contribution >= 0.6 is 38.9 Å². The number of halogens is 2. The van der Waals surface area contributed by atoms with Crippen LogP contribution < -0.4 is 5.32 Å². The average molecular weight is 331 g/mol. The quantitative estimate of drug-likeness (QED) is 0.859. The van der Waals surface area contributed by atoms with Crippen LogP contribution in [-0.2, 0) is 6.42 Å². The molecule has 1 atom stereocenters. The SMILES string of the molecule is CNC(Cc1cccc(Cl)c1)c1cscc1Br. The molecule has 2 aromatic rings. The highest BCUT2D eigenvalue weighted by Crippen LogP contribution is 2.29. The Kier molecular flexibility index (Phi) is 4.62. The number of nitrogens with one attached hydrogen (secondary N) is 1. The maximum Gasteiger partial charge on any atom is 0.0408 e. The Morgan fingerprint density at radius 2 is 2.24 bits per heavy atom. The van der Waals surface area contributed by atoms with E-state index in [4.69, 9.17) is 11.6 Å². The maximum atomic E-state index is 6.00. The van der Waals surface area contributed by atoms with E-state index in [0.29, 0.717) is 6.04 Å². The van der Waals surface area contributed by atoms with Gasteiger partial charge in [0, 0.05) is 20.9 Å². The monoisotopic (exact) mass is 329 g/mol. The van der Waals surface area contributed by atoms with E-state index in [-0.39, 0.29) is 0 Å². The van der Waals surface area contributed by atoms with Gasteiger partial charge in [0.2, 0.25) is 0 Å². The molecule has 0 bridgehead atoms. The molecule has 17 heavy (non-hydrogen) atoms. The fraction of sp³-hybridized carbons (Fsp3) is 0.231. The van der Waals surface area contributed by atoms with Crippen molar-refractivity contribution in [2.75, 3.05) is 7.05 Å². The topological polar surface area (TPSA) is 12.0 Å². The fourth-order valence-electron chi connectivity index (χ4n) is 1.81. The van der Waals surface area contributed by atoms with Gasteiger partial charge < -0.3 is 5.32 Å². The number of hydrogen-bond donors (Lipinski definition) is 1. The third-order valence-electron chi connectivity index (χ3n) is 2.70. The van der Waals surface area contributed by atoms with E-state index in [2.05, 4.69) is 38.1 Å². The Morgan fingerprint density at radius 3 is 2.82 bits per heavy atom. The number of hydrogen-bond acceptors (Lipinski definition) is 2. The Bertz CT molecular complexity index is 498. The molecule has 90 valence electrons. The first-order valence-corrected chi connectivity index (χ1v) is 7.45. The van der Waals surface area contributed by atoms with Gasteiger partial charge in [-0.2, -0.15) is 11.3 Å². The Hall–Kier alpha value is -0.350. The highest BCUT2D eigenvalue weighted by molar-refractivity contribution is 9.10. The van der Waals surface area contributed by atoms with Gasteiger partial charge in [-0.1, -0.05) is 23.7 Å². The molecule has 0 fully saturated rings. The third-order valence-corrected chi connectivity index (χ3v) is 4.68. The molecule has 0 aliphatic heterocycles. The summed E-state index contributed by atoms with van der Waals surface area (Å²) >= 11 is 11.3. The van der Waals surface area contributed by atoms with E-state index >= 15 is 0 Å². The summed E-state index contributed by atoms with van der Waals surface area (Å²) in [5.74, 6) is 0. The van der Waals surface area contributed by atoms with E-state index < -0.39 is 0 Å². The largest absolute Gasteiger partial charge is 0.313 e. The molecule has 0 amide bonds. The van der Waals surface area contributed by atoms with Crippen LogP contribution in [-0.4, -0.2) is 7.05 Å². The van der Waals surface area contributed by atoms with Crippen LogP contribution in [0.4, 0.5) is 0 Å². The van der Waals surface area contributed by atoms with E-state index in [1.165, 1.54) is 15.6 Å². The van der Waals surface area contributed by atoms with Gasteiger partial charge >= 0.3 is 0 Å². The van der Waals surface area contributed by atoms with Crippen LogP contribution in [0, 0.1) is 0 Å². The van der Waals surface area contributed by atoms with Crippen LogP contribution in [0.2, 0.25) is 5.02 Å². The number of thiophene rings is 1. The van der Waals surface area contributed by atoms with Crippen molar-refractivity contribution in [2.45, 2.75) is 12.5 Å². The minimum atomic E-state index is 0.314. The molecule has 1 aromatic heterocycles. The van der Waals surface area contributed by atoms with Crippen molar-refractivity contribution in [2.24, 2.45) is 0 Å². The minimum absolute atomic E-state index is 0.314. The first-order chi connectivity index (χ1) is 8.20. The molecule has 1 unspecified atom stereocenters. The van der Waals surface area contributed by atoms with Gasteiger partial charge in [0.05, 0.1) is 0 Å². The van der Waals surface area contributed by atoms with Crippen molar-refractivity contribution >= 4 is 38.9 Å². The molecule has 0 saturated heterocycles. The standard InChI is InChI=1S/C13H13BrClNS/c1-16-13(11-7-17-8-12(11)14)6-9-3-2-4-10(15)5-9/h2-5,7-8,13,16H,6H2,1H3.